The van der Waals surface area contributed by atoms with Crippen LogP contribution < -0.4 is 0 Å². The van der Waals surface area contributed by atoms with E-state index in [1.165, 1.54) is 41.5 Å². The lowest BCUT2D eigenvalue weighted by molar-refractivity contribution is 0.141. The Balaban J connectivity index is 1.93. The van der Waals surface area contributed by atoms with Crippen LogP contribution in [-0.2, 0) is 0 Å². The fourth-order valence-corrected chi connectivity index (χ4v) is 5.22. The summed E-state index contributed by atoms with van der Waals surface area (Å²) >= 11 is 1.79. The molecule has 2 aliphatic heterocycles. The van der Waals surface area contributed by atoms with Crippen molar-refractivity contribution in [3.63, 3.8) is 0 Å². The largest absolute Gasteiger partial charge is 0.311 e. The van der Waals surface area contributed by atoms with Crippen molar-refractivity contribution in [2.45, 2.75) is 31.7 Å². The second-order valence-corrected chi connectivity index (χ2v) is 7.65. The summed E-state index contributed by atoms with van der Waals surface area (Å²) in [5.74, 6) is 0.703. The average Bonchev–Trinajstić information content (AvgIpc) is 3.13. The van der Waals surface area contributed by atoms with Crippen LogP contribution in [0.3, 0.4) is 0 Å². The van der Waals surface area contributed by atoms with Gasteiger partial charge in [-0.05, 0) is 61.9 Å². The molecule has 1 fully saturated rings. The van der Waals surface area contributed by atoms with Crippen molar-refractivity contribution >= 4 is 22.2 Å². The van der Waals surface area contributed by atoms with E-state index in [0.29, 0.717) is 12.0 Å². The lowest BCUT2D eigenvalue weighted by atomic mass is 9.77. The molecule has 6 rings (SSSR count). The number of benzene rings is 1. The van der Waals surface area contributed by atoms with E-state index in [1.807, 2.05) is 0 Å². The molecule has 1 saturated heterocycles. The van der Waals surface area contributed by atoms with Crippen LogP contribution in [0.4, 0.5) is 0 Å². The predicted octanol–water partition coefficient (Wildman–Crippen LogP) is 4.86. The molecule has 2 nitrogen and oxygen atoms in total. The lowest BCUT2D eigenvalue weighted by Crippen LogP contribution is -2.40. The SMILES string of the molecule is Cc1ccc2c(c1)c1c(n2-c2ccsc2)C2CCC1CN2C. The molecule has 2 unspecified atom stereocenters. The summed E-state index contributed by atoms with van der Waals surface area (Å²) in [6, 6.07) is 9.81. The number of nitrogens with zero attached hydrogens (tertiary/aromatic N) is 2. The number of hydrogen-bond donors (Lipinski definition) is 0. The topological polar surface area (TPSA) is 8.17 Å². The first-order valence-corrected chi connectivity index (χ1v) is 9.06. The summed E-state index contributed by atoms with van der Waals surface area (Å²) in [6.07, 6.45) is 2.65. The highest BCUT2D eigenvalue weighted by Gasteiger charge is 2.41. The minimum absolute atomic E-state index is 0.576. The molecule has 4 heterocycles. The smallest absolute Gasteiger partial charge is 0.0566 e. The number of thiophene rings is 1. The fourth-order valence-electron chi connectivity index (χ4n) is 4.60. The molecule has 0 amide bonds. The molecule has 3 aromatic rings. The minimum atomic E-state index is 0.576. The zero-order valence-electron chi connectivity index (χ0n) is 13.0. The third kappa shape index (κ3) is 1.58. The lowest BCUT2D eigenvalue weighted by Gasteiger charge is -2.44. The van der Waals surface area contributed by atoms with Crippen molar-refractivity contribution in [3.8, 4) is 5.69 Å². The molecule has 0 saturated carbocycles. The summed E-state index contributed by atoms with van der Waals surface area (Å²) < 4.78 is 2.53. The fraction of sp³-hybridized carbons (Fsp3) is 0.368. The molecule has 0 N–H and O–H groups in total. The van der Waals surface area contributed by atoms with Crippen molar-refractivity contribution in [1.29, 1.82) is 0 Å². The van der Waals surface area contributed by atoms with Gasteiger partial charge in [-0.25, -0.2) is 0 Å². The van der Waals surface area contributed by atoms with Gasteiger partial charge in [0.05, 0.1) is 17.2 Å². The van der Waals surface area contributed by atoms with E-state index in [4.69, 9.17) is 0 Å². The Hall–Kier alpha value is -1.58. The number of rotatable bonds is 1. The Kier molecular flexibility index (Phi) is 2.62. The van der Waals surface area contributed by atoms with Gasteiger partial charge in [-0.1, -0.05) is 11.6 Å². The van der Waals surface area contributed by atoms with Gasteiger partial charge >= 0.3 is 0 Å². The van der Waals surface area contributed by atoms with Gasteiger partial charge in [0.2, 0.25) is 0 Å². The summed E-state index contributed by atoms with van der Waals surface area (Å²) in [5.41, 5.74) is 7.29. The van der Waals surface area contributed by atoms with Gasteiger partial charge < -0.3 is 4.57 Å². The van der Waals surface area contributed by atoms with Crippen LogP contribution in [0.25, 0.3) is 16.6 Å². The van der Waals surface area contributed by atoms with Crippen LogP contribution in [-0.4, -0.2) is 23.1 Å². The van der Waals surface area contributed by atoms with Crippen molar-refractivity contribution in [3.05, 3.63) is 51.8 Å². The maximum atomic E-state index is 2.56. The second-order valence-electron chi connectivity index (χ2n) is 6.87. The van der Waals surface area contributed by atoms with Crippen LogP contribution in [0.5, 0.6) is 0 Å². The molecule has 3 heteroatoms. The Morgan fingerprint density at radius 3 is 2.86 bits per heavy atom. The van der Waals surface area contributed by atoms with Crippen molar-refractivity contribution in [1.82, 2.24) is 9.47 Å². The van der Waals surface area contributed by atoms with Crippen molar-refractivity contribution < 1.29 is 0 Å². The maximum Gasteiger partial charge on any atom is 0.0566 e. The highest BCUT2D eigenvalue weighted by atomic mass is 32.1. The van der Waals surface area contributed by atoms with Gasteiger partial charge in [0.1, 0.15) is 0 Å². The summed E-state index contributed by atoms with van der Waals surface area (Å²) in [7, 11) is 2.29. The van der Waals surface area contributed by atoms with Crippen LogP contribution in [0.1, 0.15) is 41.6 Å². The molecule has 2 atom stereocenters. The quantitative estimate of drug-likeness (QED) is 0.623. The third-order valence-corrected chi connectivity index (χ3v) is 6.19. The molecule has 112 valence electrons. The number of aromatic nitrogens is 1. The molecule has 22 heavy (non-hydrogen) atoms. The third-order valence-electron chi connectivity index (χ3n) is 5.52. The standard InChI is InChI=1S/C19H20N2S/c1-12-3-5-16-15(9-12)18-13-4-6-17(20(2)10-13)19(18)21(16)14-7-8-22-11-14/h3,5,7-9,11,13,17H,4,6,10H2,1-2H3. The normalized spacial score (nSPS) is 24.1. The highest BCUT2D eigenvalue weighted by Crippen LogP contribution is 2.51. The predicted molar refractivity (Wildman–Crippen MR) is 93.2 cm³/mol. The number of hydrogen-bond acceptors (Lipinski definition) is 2. The monoisotopic (exact) mass is 308 g/mol. The molecular formula is C19H20N2S. The summed E-state index contributed by atoms with van der Waals surface area (Å²) in [5, 5.41) is 5.96. The van der Waals surface area contributed by atoms with Crippen LogP contribution in [0.15, 0.2) is 35.0 Å². The number of aryl methyl sites for hydroxylation is 1. The molecule has 2 aromatic heterocycles. The van der Waals surface area contributed by atoms with Gasteiger partial charge in [-0.3, -0.25) is 4.90 Å². The van der Waals surface area contributed by atoms with E-state index in [-0.39, 0.29) is 0 Å². The Morgan fingerprint density at radius 1 is 1.18 bits per heavy atom. The Morgan fingerprint density at radius 2 is 2.09 bits per heavy atom. The zero-order chi connectivity index (χ0) is 14.8. The van der Waals surface area contributed by atoms with Crippen LogP contribution in [0, 0.1) is 6.92 Å². The van der Waals surface area contributed by atoms with E-state index >= 15 is 0 Å². The van der Waals surface area contributed by atoms with Gasteiger partial charge in [-0.2, -0.15) is 11.3 Å². The zero-order valence-corrected chi connectivity index (χ0v) is 13.9. The van der Waals surface area contributed by atoms with Crippen LogP contribution >= 0.6 is 11.3 Å². The molecule has 0 radical (unpaired) electrons. The minimum Gasteiger partial charge on any atom is -0.311 e. The van der Waals surface area contributed by atoms with Gasteiger partial charge in [-0.15, -0.1) is 0 Å². The first-order valence-electron chi connectivity index (χ1n) is 8.11. The van der Waals surface area contributed by atoms with E-state index in [9.17, 15) is 0 Å². The Labute approximate surface area is 135 Å². The van der Waals surface area contributed by atoms with Crippen LogP contribution in [0.2, 0.25) is 0 Å². The average molecular weight is 308 g/mol. The molecule has 1 aromatic carbocycles. The maximum absolute atomic E-state index is 2.56. The molecule has 3 aliphatic rings. The van der Waals surface area contributed by atoms with Gasteiger partial charge in [0.25, 0.3) is 0 Å². The number of piperidine rings is 1. The highest BCUT2D eigenvalue weighted by molar-refractivity contribution is 7.08. The summed E-state index contributed by atoms with van der Waals surface area (Å²) in [6.45, 7) is 3.43. The van der Waals surface area contributed by atoms with E-state index in [2.05, 4.69) is 58.5 Å². The van der Waals surface area contributed by atoms with Gasteiger partial charge in [0.15, 0.2) is 0 Å². The second kappa shape index (κ2) is 4.46. The van der Waals surface area contributed by atoms with Gasteiger partial charge in [0, 0.05) is 23.0 Å². The van der Waals surface area contributed by atoms with Crippen molar-refractivity contribution in [2.75, 3.05) is 13.6 Å². The molecule has 1 aliphatic carbocycles. The molecule has 0 spiro atoms. The molecule has 2 bridgehead atoms. The van der Waals surface area contributed by atoms with E-state index in [1.54, 1.807) is 22.6 Å². The number of fused-ring (bicyclic) bond motifs is 3. The number of likely N-dealkylation sites (N-methyl/N-ethyl adjacent to an activating group) is 1. The molecular weight excluding hydrogens is 288 g/mol. The Bertz CT molecular complexity index is 859. The first-order chi connectivity index (χ1) is 10.7. The van der Waals surface area contributed by atoms with E-state index < -0.39 is 0 Å². The first kappa shape index (κ1) is 12.9. The summed E-state index contributed by atoms with van der Waals surface area (Å²) in [4.78, 5) is 2.56. The van der Waals surface area contributed by atoms with E-state index in [0.717, 1.165) is 0 Å². The van der Waals surface area contributed by atoms with Crippen molar-refractivity contribution in [2.24, 2.45) is 0 Å².